The molecular formula is C7H11NO9S. The minimum absolute atomic E-state index is 0.968. The molecule has 104 valence electrons. The standard InChI is InChI=1S/C7H11NO9S/c9-4(1-5(10)11)6(12)8-3(7(13)14)2-18(15,16)17/h3-4,9H,1-2H2,(H,8,12)(H,10,11)(H,13,14)(H,15,16,17)/t3-,4?/m0/s1. The molecule has 0 aliphatic heterocycles. The second-order valence-corrected chi connectivity index (χ2v) is 4.76. The first kappa shape index (κ1) is 16.3. The molecule has 0 rings (SSSR count). The number of aliphatic carboxylic acids is 2. The molecule has 0 heterocycles. The topological polar surface area (TPSA) is 178 Å². The van der Waals surface area contributed by atoms with Crippen molar-refractivity contribution in [3.8, 4) is 0 Å². The van der Waals surface area contributed by atoms with E-state index in [1.54, 1.807) is 5.32 Å². The Hall–Kier alpha value is -1.72. The van der Waals surface area contributed by atoms with E-state index in [0.717, 1.165) is 0 Å². The second-order valence-electron chi connectivity index (χ2n) is 3.26. The summed E-state index contributed by atoms with van der Waals surface area (Å²) in [5, 5.41) is 27.4. The first-order chi connectivity index (χ1) is 8.03. The minimum atomic E-state index is -4.66. The summed E-state index contributed by atoms with van der Waals surface area (Å²) in [6.45, 7) is 0. The number of aliphatic hydroxyl groups is 1. The fourth-order valence-electron chi connectivity index (χ4n) is 0.911. The Labute approximate surface area is 101 Å². The van der Waals surface area contributed by atoms with Crippen LogP contribution >= 0.6 is 0 Å². The number of carboxylic acids is 2. The molecule has 5 N–H and O–H groups in total. The van der Waals surface area contributed by atoms with Gasteiger partial charge in [-0.05, 0) is 0 Å². The number of aliphatic hydroxyl groups excluding tert-OH is 1. The van der Waals surface area contributed by atoms with Crippen molar-refractivity contribution in [3.05, 3.63) is 0 Å². The molecule has 11 heteroatoms. The second kappa shape index (κ2) is 6.28. The Balaban J connectivity index is 4.65. The van der Waals surface area contributed by atoms with Crippen LogP contribution in [-0.2, 0) is 24.5 Å². The molecule has 0 aromatic rings. The van der Waals surface area contributed by atoms with Gasteiger partial charge >= 0.3 is 11.9 Å². The van der Waals surface area contributed by atoms with E-state index in [0.29, 0.717) is 0 Å². The van der Waals surface area contributed by atoms with Gasteiger partial charge in [0.15, 0.2) is 0 Å². The van der Waals surface area contributed by atoms with Crippen LogP contribution in [0.4, 0.5) is 0 Å². The quantitative estimate of drug-likeness (QED) is 0.310. The molecule has 0 aliphatic rings. The highest BCUT2D eigenvalue weighted by atomic mass is 32.2. The van der Waals surface area contributed by atoms with Crippen LogP contribution in [0.15, 0.2) is 0 Å². The van der Waals surface area contributed by atoms with Gasteiger partial charge in [-0.2, -0.15) is 8.42 Å². The molecule has 10 nitrogen and oxygen atoms in total. The summed E-state index contributed by atoms with van der Waals surface area (Å²) >= 11 is 0. The molecule has 0 radical (unpaired) electrons. The molecule has 0 saturated heterocycles. The number of carboxylic acid groups (broad SMARTS) is 2. The Morgan fingerprint density at radius 3 is 2.00 bits per heavy atom. The predicted octanol–water partition coefficient (Wildman–Crippen LogP) is -2.72. The van der Waals surface area contributed by atoms with Crippen LogP contribution in [-0.4, -0.2) is 64.0 Å². The molecule has 0 aromatic carbocycles. The van der Waals surface area contributed by atoms with Gasteiger partial charge in [-0.3, -0.25) is 14.1 Å². The summed E-state index contributed by atoms with van der Waals surface area (Å²) in [5.41, 5.74) is 0. The van der Waals surface area contributed by atoms with Gasteiger partial charge in [0.25, 0.3) is 10.1 Å². The van der Waals surface area contributed by atoms with Gasteiger partial charge in [-0.25, -0.2) is 4.79 Å². The van der Waals surface area contributed by atoms with Crippen LogP contribution in [0.3, 0.4) is 0 Å². The zero-order valence-electron chi connectivity index (χ0n) is 8.81. The van der Waals surface area contributed by atoms with Crippen molar-refractivity contribution in [2.45, 2.75) is 18.6 Å². The van der Waals surface area contributed by atoms with E-state index in [1.807, 2.05) is 0 Å². The SMILES string of the molecule is O=C(O)CC(O)C(=O)N[C@@H](CS(=O)(=O)O)C(=O)O. The molecule has 0 aliphatic carbocycles. The van der Waals surface area contributed by atoms with E-state index >= 15 is 0 Å². The summed E-state index contributed by atoms with van der Waals surface area (Å²) in [4.78, 5) is 31.9. The van der Waals surface area contributed by atoms with Crippen LogP contribution in [0.2, 0.25) is 0 Å². The average Bonchev–Trinajstić information content (AvgIpc) is 2.12. The molecule has 0 spiro atoms. The fourth-order valence-corrected chi connectivity index (χ4v) is 1.56. The van der Waals surface area contributed by atoms with Crippen LogP contribution < -0.4 is 5.32 Å². The number of rotatable bonds is 7. The lowest BCUT2D eigenvalue weighted by molar-refractivity contribution is -0.146. The Kier molecular flexibility index (Phi) is 5.68. The van der Waals surface area contributed by atoms with Gasteiger partial charge in [0.2, 0.25) is 5.91 Å². The fraction of sp³-hybridized carbons (Fsp3) is 0.571. The van der Waals surface area contributed by atoms with Crippen molar-refractivity contribution < 1.29 is 42.7 Å². The average molecular weight is 285 g/mol. The summed E-state index contributed by atoms with van der Waals surface area (Å²) in [6, 6.07) is -1.99. The lowest BCUT2D eigenvalue weighted by Crippen LogP contribution is -2.49. The monoisotopic (exact) mass is 285 g/mol. The Bertz CT molecular complexity index is 442. The molecule has 0 fully saturated rings. The van der Waals surface area contributed by atoms with E-state index in [4.69, 9.17) is 19.9 Å². The minimum Gasteiger partial charge on any atom is -0.481 e. The number of amides is 1. The molecule has 0 aromatic heterocycles. The number of carbonyl (C=O) groups is 3. The molecule has 18 heavy (non-hydrogen) atoms. The van der Waals surface area contributed by atoms with Crippen LogP contribution in [0.1, 0.15) is 6.42 Å². The first-order valence-electron chi connectivity index (χ1n) is 4.41. The number of hydrogen-bond donors (Lipinski definition) is 5. The third-order valence-corrected chi connectivity index (χ3v) is 2.42. The third-order valence-electron chi connectivity index (χ3n) is 1.66. The van der Waals surface area contributed by atoms with E-state index < -0.39 is 52.3 Å². The first-order valence-corrected chi connectivity index (χ1v) is 6.02. The molecule has 1 amide bonds. The smallest absolute Gasteiger partial charge is 0.327 e. The molecule has 0 saturated carbocycles. The van der Waals surface area contributed by atoms with E-state index in [9.17, 15) is 22.8 Å². The number of hydrogen-bond acceptors (Lipinski definition) is 6. The summed E-state index contributed by atoms with van der Waals surface area (Å²) in [5.74, 6) is -5.93. The van der Waals surface area contributed by atoms with E-state index in [-0.39, 0.29) is 0 Å². The zero-order chi connectivity index (χ0) is 14.5. The zero-order valence-corrected chi connectivity index (χ0v) is 9.62. The summed E-state index contributed by atoms with van der Waals surface area (Å²) < 4.78 is 29.4. The largest absolute Gasteiger partial charge is 0.481 e. The molecule has 0 bridgehead atoms. The van der Waals surface area contributed by atoms with Crippen molar-refractivity contribution in [2.24, 2.45) is 0 Å². The van der Waals surface area contributed by atoms with Crippen molar-refractivity contribution in [1.29, 1.82) is 0 Å². The van der Waals surface area contributed by atoms with E-state index in [1.165, 1.54) is 0 Å². The third kappa shape index (κ3) is 6.78. The summed E-state index contributed by atoms with van der Waals surface area (Å²) in [7, 11) is -4.66. The van der Waals surface area contributed by atoms with Crippen molar-refractivity contribution >= 4 is 28.0 Å². The number of carbonyl (C=O) groups excluding carboxylic acids is 1. The van der Waals surface area contributed by atoms with Crippen molar-refractivity contribution in [1.82, 2.24) is 5.32 Å². The lowest BCUT2D eigenvalue weighted by atomic mass is 10.2. The normalized spacial score (nSPS) is 14.6. The maximum atomic E-state index is 11.1. The van der Waals surface area contributed by atoms with Gasteiger partial charge < -0.3 is 20.6 Å². The molecular weight excluding hydrogens is 274 g/mol. The van der Waals surface area contributed by atoms with Crippen molar-refractivity contribution in [2.75, 3.05) is 5.75 Å². The molecule has 1 unspecified atom stereocenters. The lowest BCUT2D eigenvalue weighted by Gasteiger charge is -2.15. The molecule has 2 atom stereocenters. The maximum Gasteiger partial charge on any atom is 0.327 e. The highest BCUT2D eigenvalue weighted by Gasteiger charge is 2.28. The van der Waals surface area contributed by atoms with Crippen LogP contribution in [0, 0.1) is 0 Å². The van der Waals surface area contributed by atoms with Gasteiger partial charge in [-0.15, -0.1) is 0 Å². The van der Waals surface area contributed by atoms with Crippen LogP contribution in [0.25, 0.3) is 0 Å². The van der Waals surface area contributed by atoms with Gasteiger partial charge in [0.1, 0.15) is 17.9 Å². The predicted molar refractivity (Wildman–Crippen MR) is 54.2 cm³/mol. The van der Waals surface area contributed by atoms with Crippen molar-refractivity contribution in [3.63, 3.8) is 0 Å². The Morgan fingerprint density at radius 1 is 1.17 bits per heavy atom. The number of nitrogens with one attached hydrogen (secondary N) is 1. The van der Waals surface area contributed by atoms with Crippen LogP contribution in [0.5, 0.6) is 0 Å². The Morgan fingerprint density at radius 2 is 1.67 bits per heavy atom. The van der Waals surface area contributed by atoms with E-state index in [2.05, 4.69) is 0 Å². The highest BCUT2D eigenvalue weighted by molar-refractivity contribution is 7.85. The van der Waals surface area contributed by atoms with Gasteiger partial charge in [0, 0.05) is 0 Å². The van der Waals surface area contributed by atoms with Gasteiger partial charge in [0.05, 0.1) is 6.42 Å². The summed E-state index contributed by atoms with van der Waals surface area (Å²) in [6.07, 6.45) is -2.99. The van der Waals surface area contributed by atoms with Gasteiger partial charge in [-0.1, -0.05) is 0 Å². The maximum absolute atomic E-state index is 11.1. The highest BCUT2D eigenvalue weighted by Crippen LogP contribution is 1.96.